The minimum absolute atomic E-state index is 0.755. The molecule has 0 rings (SSSR count). The Morgan fingerprint density at radius 3 is 1.45 bits per heavy atom. The summed E-state index contributed by atoms with van der Waals surface area (Å²) in [5.74, 6) is 0. The minimum Gasteiger partial charge on any atom is -0.373 e. The first-order chi connectivity index (χ1) is 9.74. The van der Waals surface area contributed by atoms with Gasteiger partial charge in [0.25, 0.3) is 0 Å². The summed E-state index contributed by atoms with van der Waals surface area (Å²) in [5, 5.41) is 3.19. The second-order valence-corrected chi connectivity index (χ2v) is 7.87. The first-order valence-electron chi connectivity index (χ1n) is 8.31. The number of hydrogen-bond acceptors (Lipinski definition) is 4. The summed E-state index contributed by atoms with van der Waals surface area (Å²) >= 11 is 0. The molecule has 0 radical (unpaired) electrons. The average molecular weight is 306 g/mol. The molecule has 4 nitrogen and oxygen atoms in total. The maximum atomic E-state index is 6.12. The Morgan fingerprint density at radius 1 is 0.750 bits per heavy atom. The van der Waals surface area contributed by atoms with E-state index in [4.69, 9.17) is 13.3 Å². The van der Waals surface area contributed by atoms with E-state index in [1.807, 2.05) is 7.05 Å². The molecule has 0 heterocycles. The molecule has 0 aromatic heterocycles. The Balaban J connectivity index is 4.48. The zero-order chi connectivity index (χ0) is 15.1. The lowest BCUT2D eigenvalue weighted by atomic mass is 10.4. The van der Waals surface area contributed by atoms with Crippen LogP contribution in [0.4, 0.5) is 0 Å². The van der Waals surface area contributed by atoms with Crippen molar-refractivity contribution in [3.63, 3.8) is 0 Å². The highest BCUT2D eigenvalue weighted by atomic mass is 28.4. The molecule has 0 spiro atoms. The SMILES string of the molecule is CCCCO[Si](CCNC)(OCCCC)OCCCC. The fourth-order valence-electron chi connectivity index (χ4n) is 1.74. The van der Waals surface area contributed by atoms with E-state index >= 15 is 0 Å². The lowest BCUT2D eigenvalue weighted by molar-refractivity contribution is 0.0565. The van der Waals surface area contributed by atoms with E-state index in [9.17, 15) is 0 Å². The average Bonchev–Trinajstić information content (AvgIpc) is 2.46. The van der Waals surface area contributed by atoms with Crippen molar-refractivity contribution >= 4 is 8.80 Å². The molecule has 0 unspecified atom stereocenters. The molecule has 0 aliphatic carbocycles. The summed E-state index contributed by atoms with van der Waals surface area (Å²) in [6, 6.07) is 0.862. The Hall–Kier alpha value is 0.0569. The van der Waals surface area contributed by atoms with Gasteiger partial charge >= 0.3 is 8.80 Å². The van der Waals surface area contributed by atoms with E-state index in [0.717, 1.165) is 70.9 Å². The third-order valence-electron chi connectivity index (χ3n) is 3.14. The van der Waals surface area contributed by atoms with Gasteiger partial charge in [-0.25, -0.2) is 0 Å². The molecule has 0 bridgehead atoms. The van der Waals surface area contributed by atoms with E-state index in [0.29, 0.717) is 0 Å². The molecule has 0 amide bonds. The maximum Gasteiger partial charge on any atom is 0.502 e. The van der Waals surface area contributed by atoms with Gasteiger partial charge in [0.1, 0.15) is 0 Å². The van der Waals surface area contributed by atoms with Crippen molar-refractivity contribution in [2.24, 2.45) is 0 Å². The van der Waals surface area contributed by atoms with Crippen LogP contribution in [-0.2, 0) is 13.3 Å². The molecule has 20 heavy (non-hydrogen) atoms. The van der Waals surface area contributed by atoms with Gasteiger partial charge in [-0.3, -0.25) is 0 Å². The molecule has 0 aromatic carbocycles. The van der Waals surface area contributed by atoms with Gasteiger partial charge in [-0.15, -0.1) is 0 Å². The Labute approximate surface area is 126 Å². The molecular formula is C15H35NO3Si. The normalized spacial score (nSPS) is 12.0. The van der Waals surface area contributed by atoms with Crippen LogP contribution in [0, 0.1) is 0 Å². The topological polar surface area (TPSA) is 39.7 Å². The first kappa shape index (κ1) is 20.1. The van der Waals surface area contributed by atoms with Crippen LogP contribution in [0.15, 0.2) is 0 Å². The zero-order valence-corrected chi connectivity index (χ0v) is 15.0. The molecule has 0 fully saturated rings. The standard InChI is InChI=1S/C15H35NO3Si/c1-5-8-12-17-20(15-11-16-4,18-13-9-6-2)19-14-10-7-3/h16H,5-15H2,1-4H3. The fraction of sp³-hybridized carbons (Fsp3) is 1.00. The molecule has 122 valence electrons. The molecule has 0 aromatic rings. The van der Waals surface area contributed by atoms with Crippen molar-refractivity contribution in [2.45, 2.75) is 65.3 Å². The van der Waals surface area contributed by atoms with Crippen molar-refractivity contribution in [3.8, 4) is 0 Å². The maximum absolute atomic E-state index is 6.12. The lowest BCUT2D eigenvalue weighted by Crippen LogP contribution is -2.48. The predicted octanol–water partition coefficient (Wildman–Crippen LogP) is 3.59. The van der Waals surface area contributed by atoms with Gasteiger partial charge in [0.15, 0.2) is 0 Å². The molecule has 0 atom stereocenters. The molecule has 0 aliphatic heterocycles. The van der Waals surface area contributed by atoms with Crippen molar-refractivity contribution in [1.29, 1.82) is 0 Å². The van der Waals surface area contributed by atoms with Gasteiger partial charge < -0.3 is 18.6 Å². The zero-order valence-electron chi connectivity index (χ0n) is 14.0. The van der Waals surface area contributed by atoms with Crippen molar-refractivity contribution in [1.82, 2.24) is 5.32 Å². The molecule has 0 saturated heterocycles. The molecule has 1 N–H and O–H groups in total. The van der Waals surface area contributed by atoms with Gasteiger partial charge in [0, 0.05) is 25.9 Å². The van der Waals surface area contributed by atoms with Crippen LogP contribution in [0.3, 0.4) is 0 Å². The third-order valence-corrected chi connectivity index (χ3v) is 5.94. The molecular weight excluding hydrogens is 270 g/mol. The van der Waals surface area contributed by atoms with E-state index in [2.05, 4.69) is 26.1 Å². The Kier molecular flexibility index (Phi) is 14.1. The highest BCUT2D eigenvalue weighted by molar-refractivity contribution is 6.60. The van der Waals surface area contributed by atoms with Gasteiger partial charge in [0.2, 0.25) is 0 Å². The largest absolute Gasteiger partial charge is 0.502 e. The third kappa shape index (κ3) is 9.88. The monoisotopic (exact) mass is 305 g/mol. The van der Waals surface area contributed by atoms with E-state index < -0.39 is 8.80 Å². The summed E-state index contributed by atoms with van der Waals surface area (Å²) < 4.78 is 18.4. The second-order valence-electron chi connectivity index (χ2n) is 5.14. The van der Waals surface area contributed by atoms with Gasteiger partial charge in [-0.05, 0) is 32.9 Å². The van der Waals surface area contributed by atoms with Crippen molar-refractivity contribution < 1.29 is 13.3 Å². The van der Waals surface area contributed by atoms with Gasteiger partial charge in [-0.1, -0.05) is 40.0 Å². The quantitative estimate of drug-likeness (QED) is 0.371. The molecule has 0 saturated carbocycles. The fourth-order valence-corrected chi connectivity index (χ4v) is 4.34. The van der Waals surface area contributed by atoms with Gasteiger partial charge in [-0.2, -0.15) is 0 Å². The van der Waals surface area contributed by atoms with Crippen LogP contribution in [0.5, 0.6) is 0 Å². The molecule has 5 heteroatoms. The number of hydrogen-bond donors (Lipinski definition) is 1. The summed E-state index contributed by atoms with van der Waals surface area (Å²) in [4.78, 5) is 0. The summed E-state index contributed by atoms with van der Waals surface area (Å²) in [7, 11) is -0.529. The van der Waals surface area contributed by atoms with Crippen LogP contribution >= 0.6 is 0 Å². The van der Waals surface area contributed by atoms with Crippen LogP contribution in [-0.4, -0.2) is 42.2 Å². The Morgan fingerprint density at radius 2 is 1.15 bits per heavy atom. The van der Waals surface area contributed by atoms with E-state index in [-0.39, 0.29) is 0 Å². The first-order valence-corrected chi connectivity index (χ1v) is 10.2. The van der Waals surface area contributed by atoms with E-state index in [1.165, 1.54) is 0 Å². The number of rotatable bonds is 15. The van der Waals surface area contributed by atoms with E-state index in [1.54, 1.807) is 0 Å². The summed E-state index contributed by atoms with van der Waals surface area (Å²) in [6.07, 6.45) is 6.63. The lowest BCUT2D eigenvalue weighted by Gasteiger charge is -2.30. The van der Waals surface area contributed by atoms with Crippen LogP contribution < -0.4 is 5.32 Å². The number of unbranched alkanes of at least 4 members (excludes halogenated alkanes) is 3. The smallest absolute Gasteiger partial charge is 0.373 e. The number of nitrogens with one attached hydrogen (secondary N) is 1. The van der Waals surface area contributed by atoms with Crippen molar-refractivity contribution in [3.05, 3.63) is 0 Å². The Bertz CT molecular complexity index is 179. The minimum atomic E-state index is -2.49. The van der Waals surface area contributed by atoms with Gasteiger partial charge in [0.05, 0.1) is 0 Å². The highest BCUT2D eigenvalue weighted by Crippen LogP contribution is 2.17. The van der Waals surface area contributed by atoms with Crippen LogP contribution in [0.2, 0.25) is 6.04 Å². The summed E-state index contributed by atoms with van der Waals surface area (Å²) in [6.45, 7) is 9.68. The van der Waals surface area contributed by atoms with Crippen molar-refractivity contribution in [2.75, 3.05) is 33.4 Å². The second kappa shape index (κ2) is 14.0. The van der Waals surface area contributed by atoms with Crippen LogP contribution in [0.1, 0.15) is 59.3 Å². The molecule has 0 aliphatic rings. The highest BCUT2D eigenvalue weighted by Gasteiger charge is 2.40. The summed E-state index contributed by atoms with van der Waals surface area (Å²) in [5.41, 5.74) is 0. The van der Waals surface area contributed by atoms with Crippen LogP contribution in [0.25, 0.3) is 0 Å². The predicted molar refractivity (Wildman–Crippen MR) is 87.1 cm³/mol.